The predicted molar refractivity (Wildman–Crippen MR) is 58.5 cm³/mol. The molecule has 15 heavy (non-hydrogen) atoms. The number of Topliss-reactive ketones (excluding diaryl/α,β-unsaturated/α-hetero) is 2. The number of hydrogen-bond acceptors (Lipinski definition) is 2. The fourth-order valence-corrected chi connectivity index (χ4v) is 2.60. The van der Waals surface area contributed by atoms with Gasteiger partial charge >= 0.3 is 0 Å². The lowest BCUT2D eigenvalue weighted by Crippen LogP contribution is -2.37. The normalized spacial score (nSPS) is 31.5. The topological polar surface area (TPSA) is 34.1 Å². The molecular formula is C12H13ClO2. The van der Waals surface area contributed by atoms with E-state index in [-0.39, 0.29) is 23.4 Å². The molecule has 3 heteroatoms. The van der Waals surface area contributed by atoms with Crippen molar-refractivity contribution in [1.82, 2.24) is 0 Å². The summed E-state index contributed by atoms with van der Waals surface area (Å²) in [6, 6.07) is 0. The Bertz CT molecular complexity index is 404. The van der Waals surface area contributed by atoms with Crippen molar-refractivity contribution in [2.45, 2.75) is 26.7 Å². The van der Waals surface area contributed by atoms with Crippen LogP contribution in [0, 0.1) is 11.8 Å². The van der Waals surface area contributed by atoms with Gasteiger partial charge in [0, 0.05) is 16.9 Å². The van der Waals surface area contributed by atoms with Gasteiger partial charge in [-0.3, -0.25) is 9.59 Å². The van der Waals surface area contributed by atoms with Gasteiger partial charge in [-0.2, -0.15) is 0 Å². The molecule has 0 saturated carbocycles. The Hall–Kier alpha value is -0.890. The molecule has 0 saturated heterocycles. The number of hydrogen-bond donors (Lipinski definition) is 0. The van der Waals surface area contributed by atoms with Gasteiger partial charge in [0.05, 0.1) is 0 Å². The molecule has 80 valence electrons. The predicted octanol–water partition coefficient (Wildman–Crippen LogP) is 2.62. The van der Waals surface area contributed by atoms with Crippen molar-refractivity contribution in [3.63, 3.8) is 0 Å². The minimum absolute atomic E-state index is 0.100. The average Bonchev–Trinajstić information content (AvgIpc) is 2.23. The van der Waals surface area contributed by atoms with Gasteiger partial charge in [-0.1, -0.05) is 17.7 Å². The summed E-state index contributed by atoms with van der Waals surface area (Å²) in [4.78, 5) is 23.9. The summed E-state index contributed by atoms with van der Waals surface area (Å²) in [6.07, 6.45) is 3.00. The maximum Gasteiger partial charge on any atom is 0.163 e. The standard InChI is InChI=1S/C12H13ClO2/c1-6-7(2)12(15)10-5-8(13)3-4-9(10)11(6)14/h3,9-10H,4-5H2,1-2H3. The first-order valence-electron chi connectivity index (χ1n) is 5.12. The molecule has 2 rings (SSSR count). The van der Waals surface area contributed by atoms with Crippen LogP contribution in [0.4, 0.5) is 0 Å². The van der Waals surface area contributed by atoms with Crippen molar-refractivity contribution in [1.29, 1.82) is 0 Å². The third kappa shape index (κ3) is 1.57. The van der Waals surface area contributed by atoms with Crippen LogP contribution in [0.1, 0.15) is 26.7 Å². The van der Waals surface area contributed by atoms with E-state index in [1.165, 1.54) is 0 Å². The van der Waals surface area contributed by atoms with E-state index in [0.717, 1.165) is 0 Å². The van der Waals surface area contributed by atoms with E-state index in [1.54, 1.807) is 13.8 Å². The summed E-state index contributed by atoms with van der Waals surface area (Å²) < 4.78 is 0. The zero-order valence-corrected chi connectivity index (χ0v) is 9.60. The van der Waals surface area contributed by atoms with Crippen LogP contribution in [0.5, 0.6) is 0 Å². The third-order valence-corrected chi connectivity index (χ3v) is 3.78. The monoisotopic (exact) mass is 224 g/mol. The van der Waals surface area contributed by atoms with E-state index in [9.17, 15) is 9.59 Å². The molecule has 0 aliphatic heterocycles. The Morgan fingerprint density at radius 2 is 1.67 bits per heavy atom. The molecule has 0 aromatic rings. The zero-order valence-electron chi connectivity index (χ0n) is 8.84. The van der Waals surface area contributed by atoms with Crippen molar-refractivity contribution in [2.75, 3.05) is 0 Å². The van der Waals surface area contributed by atoms with E-state index >= 15 is 0 Å². The highest BCUT2D eigenvalue weighted by Gasteiger charge is 2.41. The lowest BCUT2D eigenvalue weighted by molar-refractivity contribution is -0.130. The quantitative estimate of drug-likeness (QED) is 0.634. The molecule has 0 aromatic carbocycles. The van der Waals surface area contributed by atoms with Gasteiger partial charge in [-0.15, -0.1) is 0 Å². The average molecular weight is 225 g/mol. The number of rotatable bonds is 0. The molecule has 0 radical (unpaired) electrons. The molecule has 0 bridgehead atoms. The molecule has 2 aliphatic carbocycles. The molecule has 2 atom stereocenters. The smallest absolute Gasteiger partial charge is 0.163 e. The molecule has 2 nitrogen and oxygen atoms in total. The molecule has 2 aliphatic rings. The second-order valence-corrected chi connectivity index (χ2v) is 4.77. The minimum atomic E-state index is -0.210. The van der Waals surface area contributed by atoms with Crippen LogP contribution in [0.25, 0.3) is 0 Å². The number of carbonyl (C=O) groups is 2. The Balaban J connectivity index is 2.42. The van der Waals surface area contributed by atoms with Crippen LogP contribution in [0.3, 0.4) is 0 Å². The van der Waals surface area contributed by atoms with E-state index in [4.69, 9.17) is 11.6 Å². The highest BCUT2D eigenvalue weighted by Crippen LogP contribution is 2.39. The van der Waals surface area contributed by atoms with Gasteiger partial charge in [-0.25, -0.2) is 0 Å². The Kier molecular flexibility index (Phi) is 2.55. The third-order valence-electron chi connectivity index (χ3n) is 3.47. The van der Waals surface area contributed by atoms with Gasteiger partial charge in [0.2, 0.25) is 0 Å². The van der Waals surface area contributed by atoms with Crippen molar-refractivity contribution >= 4 is 23.2 Å². The van der Waals surface area contributed by atoms with Crippen LogP contribution in [0.15, 0.2) is 22.3 Å². The Morgan fingerprint density at radius 3 is 2.27 bits per heavy atom. The number of ketones is 2. The minimum Gasteiger partial charge on any atom is -0.294 e. The van der Waals surface area contributed by atoms with Crippen LogP contribution in [-0.4, -0.2) is 11.6 Å². The molecule has 0 N–H and O–H groups in total. The maximum atomic E-state index is 12.0. The second-order valence-electron chi connectivity index (χ2n) is 4.28. The summed E-state index contributed by atoms with van der Waals surface area (Å²) in [7, 11) is 0. The van der Waals surface area contributed by atoms with Crippen molar-refractivity contribution in [2.24, 2.45) is 11.8 Å². The van der Waals surface area contributed by atoms with E-state index < -0.39 is 0 Å². The largest absolute Gasteiger partial charge is 0.294 e. The van der Waals surface area contributed by atoms with Crippen LogP contribution >= 0.6 is 11.6 Å². The first-order valence-corrected chi connectivity index (χ1v) is 5.50. The molecule has 0 fully saturated rings. The zero-order chi connectivity index (χ0) is 11.2. The van der Waals surface area contributed by atoms with Crippen molar-refractivity contribution < 1.29 is 9.59 Å². The summed E-state index contributed by atoms with van der Waals surface area (Å²) in [5.74, 6) is -0.150. The molecule has 0 aromatic heterocycles. The van der Waals surface area contributed by atoms with Gasteiger partial charge in [0.1, 0.15) is 0 Å². The highest BCUT2D eigenvalue weighted by molar-refractivity contribution is 6.30. The lowest BCUT2D eigenvalue weighted by Gasteiger charge is -2.32. The van der Waals surface area contributed by atoms with Gasteiger partial charge in [-0.05, 0) is 37.8 Å². The van der Waals surface area contributed by atoms with Crippen LogP contribution < -0.4 is 0 Å². The fraction of sp³-hybridized carbons (Fsp3) is 0.500. The Morgan fingerprint density at radius 1 is 1.13 bits per heavy atom. The SMILES string of the molecule is CC1=C(C)C(=O)C2CC(Cl)=CCC2C1=O. The number of fused-ring (bicyclic) bond motifs is 1. The van der Waals surface area contributed by atoms with Crippen LogP contribution in [-0.2, 0) is 9.59 Å². The van der Waals surface area contributed by atoms with E-state index in [1.807, 2.05) is 6.08 Å². The fourth-order valence-electron chi connectivity index (χ4n) is 2.35. The Labute approximate surface area is 94.0 Å². The summed E-state index contributed by atoms with van der Waals surface area (Å²) in [5, 5.41) is 0.713. The number of allylic oxidation sites excluding steroid dienone is 4. The van der Waals surface area contributed by atoms with E-state index in [0.29, 0.717) is 29.0 Å². The molecule has 0 spiro atoms. The first kappa shape index (κ1) is 10.6. The highest BCUT2D eigenvalue weighted by atomic mass is 35.5. The molecule has 0 amide bonds. The summed E-state index contributed by atoms with van der Waals surface area (Å²) in [5.41, 5.74) is 1.25. The second kappa shape index (κ2) is 3.60. The molecule has 2 unspecified atom stereocenters. The molecule has 0 heterocycles. The first-order chi connectivity index (χ1) is 7.02. The maximum absolute atomic E-state index is 12.0. The number of halogens is 1. The van der Waals surface area contributed by atoms with Gasteiger partial charge < -0.3 is 0 Å². The summed E-state index contributed by atoms with van der Waals surface area (Å²) >= 11 is 5.92. The van der Waals surface area contributed by atoms with Crippen molar-refractivity contribution in [3.8, 4) is 0 Å². The van der Waals surface area contributed by atoms with E-state index in [2.05, 4.69) is 0 Å². The van der Waals surface area contributed by atoms with Gasteiger partial charge in [0.15, 0.2) is 11.6 Å². The van der Waals surface area contributed by atoms with Crippen molar-refractivity contribution in [3.05, 3.63) is 22.3 Å². The summed E-state index contributed by atoms with van der Waals surface area (Å²) in [6.45, 7) is 3.48. The van der Waals surface area contributed by atoms with Gasteiger partial charge in [0.25, 0.3) is 0 Å². The van der Waals surface area contributed by atoms with Crippen LogP contribution in [0.2, 0.25) is 0 Å². The number of carbonyl (C=O) groups excluding carboxylic acids is 2. The lowest BCUT2D eigenvalue weighted by atomic mass is 9.70. The molecular weight excluding hydrogens is 212 g/mol.